The van der Waals surface area contributed by atoms with Gasteiger partial charge in [0, 0.05) is 7.11 Å². The van der Waals surface area contributed by atoms with Crippen LogP contribution in [0.4, 0.5) is 0 Å². The lowest BCUT2D eigenvalue weighted by Crippen LogP contribution is -2.35. The molecule has 1 N–H and O–H groups in total. The van der Waals surface area contributed by atoms with Gasteiger partial charge >= 0.3 is 7.82 Å². The number of phosphoric ester groups is 1. The highest BCUT2D eigenvalue weighted by atomic mass is 31.2. The first kappa shape index (κ1) is 20.4. The van der Waals surface area contributed by atoms with E-state index in [2.05, 4.69) is 27.7 Å². The van der Waals surface area contributed by atoms with Crippen molar-refractivity contribution in [1.82, 2.24) is 0 Å². The molecule has 2 atom stereocenters. The molecule has 0 amide bonds. The van der Waals surface area contributed by atoms with Gasteiger partial charge in [-0.2, -0.15) is 0 Å². The smallest absolute Gasteiger partial charge is 0.382 e. The standard InChI is InChI=1S/C13H27NO6P/c1-6-12(15)13(16)11-20-21(17,18-5)19-10-8-7-9-14(2,3)4/h6,13,16H,1,7-11H2,2-5H3/q+1. The van der Waals surface area contributed by atoms with E-state index in [1.54, 1.807) is 0 Å². The van der Waals surface area contributed by atoms with Crippen LogP contribution < -0.4 is 0 Å². The minimum absolute atomic E-state index is 0.219. The highest BCUT2D eigenvalue weighted by Gasteiger charge is 2.27. The van der Waals surface area contributed by atoms with E-state index in [4.69, 9.17) is 13.6 Å². The van der Waals surface area contributed by atoms with Crippen LogP contribution in [0.25, 0.3) is 0 Å². The topological polar surface area (TPSA) is 82.1 Å². The molecule has 0 heterocycles. The minimum Gasteiger partial charge on any atom is -0.382 e. The Kier molecular flexibility index (Phi) is 9.20. The van der Waals surface area contributed by atoms with Crippen molar-refractivity contribution in [2.45, 2.75) is 18.9 Å². The molecule has 0 radical (unpaired) electrons. The molecule has 0 aromatic rings. The second-order valence-corrected chi connectivity index (χ2v) is 7.38. The third-order valence-corrected chi connectivity index (χ3v) is 4.03. The fourth-order valence-corrected chi connectivity index (χ4v) is 2.35. The fourth-order valence-electron chi connectivity index (χ4n) is 1.39. The van der Waals surface area contributed by atoms with Crippen LogP contribution in [0.5, 0.6) is 0 Å². The maximum absolute atomic E-state index is 12.0. The van der Waals surface area contributed by atoms with Crippen LogP contribution in [0.1, 0.15) is 12.8 Å². The lowest BCUT2D eigenvalue weighted by molar-refractivity contribution is -0.870. The zero-order chi connectivity index (χ0) is 16.5. The molecule has 21 heavy (non-hydrogen) atoms. The van der Waals surface area contributed by atoms with E-state index in [-0.39, 0.29) is 6.61 Å². The summed E-state index contributed by atoms with van der Waals surface area (Å²) in [6, 6.07) is 0. The van der Waals surface area contributed by atoms with Gasteiger partial charge in [-0.15, -0.1) is 0 Å². The number of carbonyl (C=O) groups excluding carboxylic acids is 1. The van der Waals surface area contributed by atoms with Crippen molar-refractivity contribution in [2.75, 3.05) is 48.0 Å². The van der Waals surface area contributed by atoms with E-state index in [9.17, 15) is 14.5 Å². The lowest BCUT2D eigenvalue weighted by atomic mass is 10.2. The molecule has 0 aliphatic rings. The van der Waals surface area contributed by atoms with Gasteiger partial charge in [0.1, 0.15) is 6.10 Å². The normalized spacial score (nSPS) is 16.2. The molecular weight excluding hydrogens is 297 g/mol. The third-order valence-electron chi connectivity index (χ3n) is 2.62. The highest BCUT2D eigenvalue weighted by Crippen LogP contribution is 2.48. The number of nitrogens with zero attached hydrogens (tertiary/aromatic N) is 1. The van der Waals surface area contributed by atoms with E-state index in [0.29, 0.717) is 6.42 Å². The van der Waals surface area contributed by atoms with Crippen LogP contribution in [0, 0.1) is 0 Å². The fraction of sp³-hybridized carbons (Fsp3) is 0.769. The van der Waals surface area contributed by atoms with E-state index in [1.165, 1.54) is 7.11 Å². The average Bonchev–Trinajstić information content (AvgIpc) is 2.42. The maximum Gasteiger partial charge on any atom is 0.474 e. The van der Waals surface area contributed by atoms with Crippen molar-refractivity contribution in [2.24, 2.45) is 0 Å². The Hall–Kier alpha value is -0.560. The summed E-state index contributed by atoms with van der Waals surface area (Å²) in [5, 5.41) is 9.40. The van der Waals surface area contributed by atoms with Gasteiger partial charge in [-0.05, 0) is 18.9 Å². The number of unbranched alkanes of at least 4 members (excludes halogenated alkanes) is 1. The van der Waals surface area contributed by atoms with Gasteiger partial charge in [-0.25, -0.2) is 4.57 Å². The van der Waals surface area contributed by atoms with Gasteiger partial charge in [0.15, 0.2) is 5.78 Å². The predicted octanol–water partition coefficient (Wildman–Crippen LogP) is 1.38. The van der Waals surface area contributed by atoms with E-state index < -0.39 is 26.3 Å². The minimum atomic E-state index is -3.74. The first-order valence-corrected chi connectivity index (χ1v) is 8.19. The van der Waals surface area contributed by atoms with Gasteiger partial charge < -0.3 is 9.59 Å². The summed E-state index contributed by atoms with van der Waals surface area (Å²) in [5.41, 5.74) is 0. The number of rotatable bonds is 12. The van der Waals surface area contributed by atoms with Crippen molar-refractivity contribution < 1.29 is 32.5 Å². The molecule has 0 spiro atoms. The predicted molar refractivity (Wildman–Crippen MR) is 79.9 cm³/mol. The van der Waals surface area contributed by atoms with Crippen LogP contribution in [-0.4, -0.2) is 69.5 Å². The molecule has 0 bridgehead atoms. The number of phosphoric acid groups is 1. The van der Waals surface area contributed by atoms with Crippen molar-refractivity contribution in [3.63, 3.8) is 0 Å². The number of carbonyl (C=O) groups is 1. The summed E-state index contributed by atoms with van der Waals surface area (Å²) in [7, 11) is 3.71. The molecule has 124 valence electrons. The average molecular weight is 324 g/mol. The van der Waals surface area contributed by atoms with Crippen molar-refractivity contribution >= 4 is 13.6 Å². The van der Waals surface area contributed by atoms with Gasteiger partial charge in [0.05, 0.1) is 40.9 Å². The second kappa shape index (κ2) is 9.46. The van der Waals surface area contributed by atoms with Crippen LogP contribution in [0.3, 0.4) is 0 Å². The Bertz CT molecular complexity index is 379. The number of aliphatic hydroxyl groups excluding tert-OH is 1. The van der Waals surface area contributed by atoms with E-state index in [1.807, 2.05) is 0 Å². The quantitative estimate of drug-likeness (QED) is 0.253. The van der Waals surface area contributed by atoms with Crippen LogP contribution in [-0.2, 0) is 22.9 Å². The molecule has 0 rings (SSSR count). The van der Waals surface area contributed by atoms with Crippen LogP contribution in [0.2, 0.25) is 0 Å². The number of hydrogen-bond donors (Lipinski definition) is 1. The van der Waals surface area contributed by atoms with E-state index >= 15 is 0 Å². The van der Waals surface area contributed by atoms with Gasteiger partial charge in [0.2, 0.25) is 0 Å². The number of ketones is 1. The zero-order valence-corrected chi connectivity index (χ0v) is 14.2. The molecule has 0 aromatic carbocycles. The number of quaternary nitrogens is 1. The Morgan fingerprint density at radius 3 is 2.43 bits per heavy atom. The van der Waals surface area contributed by atoms with Gasteiger partial charge in [-0.1, -0.05) is 6.58 Å². The molecule has 0 saturated heterocycles. The molecule has 0 aromatic heterocycles. The van der Waals surface area contributed by atoms with Crippen LogP contribution >= 0.6 is 7.82 Å². The molecule has 0 saturated carbocycles. The summed E-state index contributed by atoms with van der Waals surface area (Å²) in [6.07, 6.45) is 1.16. The Balaban J connectivity index is 4.08. The molecule has 7 nitrogen and oxygen atoms in total. The van der Waals surface area contributed by atoms with Crippen molar-refractivity contribution in [3.8, 4) is 0 Å². The molecule has 2 unspecified atom stereocenters. The Morgan fingerprint density at radius 1 is 1.33 bits per heavy atom. The maximum atomic E-state index is 12.0. The summed E-state index contributed by atoms with van der Waals surface area (Å²) in [6.45, 7) is 3.96. The van der Waals surface area contributed by atoms with Gasteiger partial charge in [0.25, 0.3) is 0 Å². The van der Waals surface area contributed by atoms with Crippen LogP contribution in [0.15, 0.2) is 12.7 Å². The highest BCUT2D eigenvalue weighted by molar-refractivity contribution is 7.48. The second-order valence-electron chi connectivity index (χ2n) is 5.60. The molecule has 0 fully saturated rings. The lowest BCUT2D eigenvalue weighted by Gasteiger charge is -2.23. The van der Waals surface area contributed by atoms with Gasteiger partial charge in [-0.3, -0.25) is 18.4 Å². The molecular formula is C13H27NO6P+. The Morgan fingerprint density at radius 2 is 1.95 bits per heavy atom. The first-order chi connectivity index (χ1) is 9.63. The first-order valence-electron chi connectivity index (χ1n) is 6.73. The summed E-state index contributed by atoms with van der Waals surface area (Å²) in [5.74, 6) is -0.611. The zero-order valence-electron chi connectivity index (χ0n) is 13.3. The number of aliphatic hydroxyl groups is 1. The summed E-state index contributed by atoms with van der Waals surface area (Å²) < 4.78 is 27.6. The summed E-state index contributed by atoms with van der Waals surface area (Å²) in [4.78, 5) is 11.1. The monoisotopic (exact) mass is 324 g/mol. The Labute approximate surface area is 126 Å². The van der Waals surface area contributed by atoms with Crippen molar-refractivity contribution in [1.29, 1.82) is 0 Å². The summed E-state index contributed by atoms with van der Waals surface area (Å²) >= 11 is 0. The van der Waals surface area contributed by atoms with E-state index in [0.717, 1.165) is 23.5 Å². The van der Waals surface area contributed by atoms with Crippen molar-refractivity contribution in [3.05, 3.63) is 12.7 Å². The molecule has 0 aliphatic heterocycles. The molecule has 0 aliphatic carbocycles. The SMILES string of the molecule is C=CC(=O)C(O)COP(=O)(OC)OCCCC[N+](C)(C)C. The number of hydrogen-bond acceptors (Lipinski definition) is 6. The molecule has 8 heteroatoms. The largest absolute Gasteiger partial charge is 0.474 e. The third kappa shape index (κ3) is 9.90.